The molecule has 0 bridgehead atoms. The van der Waals surface area contributed by atoms with Gasteiger partial charge in [-0.15, -0.1) is 0 Å². The molecule has 0 spiro atoms. The fourth-order valence-corrected chi connectivity index (χ4v) is 6.03. The van der Waals surface area contributed by atoms with Gasteiger partial charge in [0.25, 0.3) is 11.8 Å². The summed E-state index contributed by atoms with van der Waals surface area (Å²) in [7, 11) is -3.19. The summed E-state index contributed by atoms with van der Waals surface area (Å²) < 4.78 is 29.5. The third-order valence-electron chi connectivity index (χ3n) is 7.15. The number of piperidine rings is 1. The first-order chi connectivity index (χ1) is 18.3. The lowest BCUT2D eigenvalue weighted by molar-refractivity contribution is -0.137. The smallest absolute Gasteiger partial charge is 0.261 e. The molecule has 2 fully saturated rings. The second kappa shape index (κ2) is 10.9. The van der Waals surface area contributed by atoms with E-state index in [2.05, 4.69) is 10.2 Å². The van der Waals surface area contributed by atoms with Gasteiger partial charge in [-0.1, -0.05) is 30.3 Å². The first-order valence-electron chi connectivity index (χ1n) is 12.8. The molecule has 1 aromatic heterocycles. The zero-order chi connectivity index (χ0) is 26.7. The van der Waals surface area contributed by atoms with Crippen molar-refractivity contribution in [3.63, 3.8) is 0 Å². The second-order valence-electron chi connectivity index (χ2n) is 9.82. The third-order valence-corrected chi connectivity index (χ3v) is 8.75. The molecule has 2 saturated heterocycles. The topological polar surface area (TPSA) is 126 Å². The average Bonchev–Trinajstić information content (AvgIpc) is 3.63. The SMILES string of the molecule is CS(=O)(=O)[C@@H]1CCN(C(=O)c2cccc(-c3n[nH]c(C4CCCCN4C(=O)COc4ccccc4)n3)c2)C1. The zero-order valence-corrected chi connectivity index (χ0v) is 22.1. The van der Waals surface area contributed by atoms with E-state index in [-0.39, 0.29) is 31.0 Å². The molecule has 2 aromatic carbocycles. The summed E-state index contributed by atoms with van der Waals surface area (Å²) in [5.74, 6) is 1.36. The molecule has 200 valence electrons. The van der Waals surface area contributed by atoms with Crippen LogP contribution in [-0.4, -0.2) is 83.0 Å². The van der Waals surface area contributed by atoms with Gasteiger partial charge in [0.05, 0.1) is 11.3 Å². The molecule has 2 amide bonds. The predicted octanol–water partition coefficient (Wildman–Crippen LogP) is 2.86. The highest BCUT2D eigenvalue weighted by Gasteiger charge is 2.33. The second-order valence-corrected chi connectivity index (χ2v) is 12.1. The number of sulfone groups is 1. The maximum absolute atomic E-state index is 13.1. The molecule has 3 heterocycles. The molecule has 5 rings (SSSR count). The Labute approximate surface area is 221 Å². The number of carbonyl (C=O) groups is 2. The Morgan fingerprint density at radius 1 is 1.05 bits per heavy atom. The number of ether oxygens (including phenoxy) is 1. The van der Waals surface area contributed by atoms with Crippen molar-refractivity contribution in [1.29, 1.82) is 0 Å². The number of nitrogens with zero attached hydrogens (tertiary/aromatic N) is 4. The fourth-order valence-electron chi connectivity index (χ4n) is 5.05. The quantitative estimate of drug-likeness (QED) is 0.491. The van der Waals surface area contributed by atoms with E-state index in [1.54, 1.807) is 28.0 Å². The zero-order valence-electron chi connectivity index (χ0n) is 21.2. The molecule has 2 aliphatic rings. The maximum atomic E-state index is 13.1. The van der Waals surface area contributed by atoms with E-state index in [1.807, 2.05) is 36.4 Å². The van der Waals surface area contributed by atoms with Gasteiger partial charge in [0, 0.05) is 37.0 Å². The molecule has 2 aliphatic heterocycles. The van der Waals surface area contributed by atoms with Crippen molar-refractivity contribution in [2.75, 3.05) is 32.5 Å². The lowest BCUT2D eigenvalue weighted by atomic mass is 10.0. The summed E-state index contributed by atoms with van der Waals surface area (Å²) in [5, 5.41) is 6.86. The highest BCUT2D eigenvalue weighted by atomic mass is 32.2. The summed E-state index contributed by atoms with van der Waals surface area (Å²) in [4.78, 5) is 34.2. The number of rotatable bonds is 7. The Bertz CT molecular complexity index is 1410. The maximum Gasteiger partial charge on any atom is 0.261 e. The van der Waals surface area contributed by atoms with E-state index >= 15 is 0 Å². The van der Waals surface area contributed by atoms with E-state index in [0.29, 0.717) is 48.0 Å². The van der Waals surface area contributed by atoms with Crippen LogP contribution >= 0.6 is 0 Å². The standard InChI is InChI=1S/C27H31N5O5S/c1-38(35,36)22-13-15-31(17-22)27(34)20-9-7-8-19(16-20)25-28-26(30-29-25)23-12-5-6-14-32(23)24(33)18-37-21-10-3-2-4-11-21/h2-4,7-11,16,22-23H,5-6,12-15,17-18H2,1H3,(H,28,29,30)/t22-,23?/m1/s1. The minimum absolute atomic E-state index is 0.0532. The van der Waals surface area contributed by atoms with Crippen LogP contribution in [0.15, 0.2) is 54.6 Å². The normalized spacial score (nSPS) is 19.9. The molecule has 0 aliphatic carbocycles. The molecule has 0 saturated carbocycles. The van der Waals surface area contributed by atoms with Crippen LogP contribution in [0.2, 0.25) is 0 Å². The van der Waals surface area contributed by atoms with Crippen molar-refractivity contribution >= 4 is 21.7 Å². The number of hydrogen-bond acceptors (Lipinski definition) is 7. The summed E-state index contributed by atoms with van der Waals surface area (Å²) in [6.07, 6.45) is 4.31. The van der Waals surface area contributed by atoms with Crippen molar-refractivity contribution in [2.24, 2.45) is 0 Å². The number of carbonyl (C=O) groups excluding carboxylic acids is 2. The van der Waals surface area contributed by atoms with Crippen LogP contribution in [0.5, 0.6) is 5.75 Å². The third kappa shape index (κ3) is 5.72. The highest BCUT2D eigenvalue weighted by molar-refractivity contribution is 7.91. The van der Waals surface area contributed by atoms with Gasteiger partial charge in [0.15, 0.2) is 22.3 Å². The molecule has 3 aromatic rings. The molecule has 10 nitrogen and oxygen atoms in total. The van der Waals surface area contributed by atoms with Crippen LogP contribution in [0.3, 0.4) is 0 Å². The summed E-state index contributed by atoms with van der Waals surface area (Å²) in [6, 6.07) is 16.0. The molecule has 2 atom stereocenters. The van der Waals surface area contributed by atoms with E-state index in [1.165, 1.54) is 6.26 Å². The Morgan fingerprint density at radius 2 is 1.87 bits per heavy atom. The van der Waals surface area contributed by atoms with E-state index in [9.17, 15) is 18.0 Å². The van der Waals surface area contributed by atoms with E-state index in [4.69, 9.17) is 9.72 Å². The van der Waals surface area contributed by atoms with Crippen molar-refractivity contribution in [2.45, 2.75) is 37.0 Å². The van der Waals surface area contributed by atoms with Gasteiger partial charge >= 0.3 is 0 Å². The predicted molar refractivity (Wildman–Crippen MR) is 141 cm³/mol. The Kier molecular flexibility index (Phi) is 7.46. The molecule has 0 radical (unpaired) electrons. The number of likely N-dealkylation sites (tertiary alicyclic amines) is 2. The number of amides is 2. The molecular weight excluding hydrogens is 506 g/mol. The molecular formula is C27H31N5O5S. The van der Waals surface area contributed by atoms with Gasteiger partial charge in [0.1, 0.15) is 11.6 Å². The Hall–Kier alpha value is -3.73. The average molecular weight is 538 g/mol. The molecule has 38 heavy (non-hydrogen) atoms. The van der Waals surface area contributed by atoms with Gasteiger partial charge < -0.3 is 14.5 Å². The Balaban J connectivity index is 1.28. The number of aromatic amines is 1. The van der Waals surface area contributed by atoms with Crippen molar-refractivity contribution < 1.29 is 22.7 Å². The van der Waals surface area contributed by atoms with Crippen LogP contribution in [0.25, 0.3) is 11.4 Å². The lowest BCUT2D eigenvalue weighted by Gasteiger charge is -2.34. The minimum Gasteiger partial charge on any atom is -0.484 e. The van der Waals surface area contributed by atoms with Gasteiger partial charge in [-0.05, 0) is 49.9 Å². The van der Waals surface area contributed by atoms with Gasteiger partial charge in [-0.25, -0.2) is 13.4 Å². The first-order valence-corrected chi connectivity index (χ1v) is 14.7. The highest BCUT2D eigenvalue weighted by Crippen LogP contribution is 2.30. The van der Waals surface area contributed by atoms with Crippen LogP contribution in [0.1, 0.15) is 47.9 Å². The monoisotopic (exact) mass is 537 g/mol. The van der Waals surface area contributed by atoms with Gasteiger partial charge in [0.2, 0.25) is 0 Å². The summed E-state index contributed by atoms with van der Waals surface area (Å²) >= 11 is 0. The van der Waals surface area contributed by atoms with E-state index in [0.717, 1.165) is 19.3 Å². The Morgan fingerprint density at radius 3 is 2.63 bits per heavy atom. The number of para-hydroxylation sites is 1. The number of nitrogens with one attached hydrogen (secondary N) is 1. The van der Waals surface area contributed by atoms with Crippen molar-refractivity contribution in [1.82, 2.24) is 25.0 Å². The van der Waals surface area contributed by atoms with Crippen molar-refractivity contribution in [3.05, 3.63) is 66.0 Å². The van der Waals surface area contributed by atoms with Gasteiger partial charge in [-0.3, -0.25) is 14.7 Å². The summed E-state index contributed by atoms with van der Waals surface area (Å²) in [6.45, 7) is 1.17. The number of benzene rings is 2. The van der Waals surface area contributed by atoms with Crippen LogP contribution in [0, 0.1) is 0 Å². The largest absolute Gasteiger partial charge is 0.484 e. The van der Waals surface area contributed by atoms with Gasteiger partial charge in [-0.2, -0.15) is 5.10 Å². The van der Waals surface area contributed by atoms with Crippen LogP contribution in [0.4, 0.5) is 0 Å². The molecule has 11 heteroatoms. The summed E-state index contributed by atoms with van der Waals surface area (Å²) in [5.41, 5.74) is 1.12. The number of hydrogen-bond donors (Lipinski definition) is 1. The first kappa shape index (κ1) is 25.9. The van der Waals surface area contributed by atoms with Crippen LogP contribution in [-0.2, 0) is 14.6 Å². The minimum atomic E-state index is -3.19. The molecule has 1 N–H and O–H groups in total. The number of aromatic nitrogens is 3. The lowest BCUT2D eigenvalue weighted by Crippen LogP contribution is -2.41. The van der Waals surface area contributed by atoms with Crippen molar-refractivity contribution in [3.8, 4) is 17.1 Å². The fraction of sp³-hybridized carbons (Fsp3) is 0.407. The van der Waals surface area contributed by atoms with Crippen LogP contribution < -0.4 is 4.74 Å². The number of H-pyrrole nitrogens is 1. The van der Waals surface area contributed by atoms with E-state index < -0.39 is 15.1 Å². The molecule has 1 unspecified atom stereocenters.